The van der Waals surface area contributed by atoms with Crippen LogP contribution in [-0.2, 0) is 22.5 Å². The van der Waals surface area contributed by atoms with E-state index in [2.05, 4.69) is 38.1 Å². The van der Waals surface area contributed by atoms with Gasteiger partial charge in [0.2, 0.25) is 0 Å². The van der Waals surface area contributed by atoms with Crippen molar-refractivity contribution in [2.45, 2.75) is 32.5 Å². The summed E-state index contributed by atoms with van der Waals surface area (Å²) in [6.07, 6.45) is 0.927. The van der Waals surface area contributed by atoms with E-state index in [9.17, 15) is 0 Å². The Balaban J connectivity index is 2.64. The van der Waals surface area contributed by atoms with Gasteiger partial charge >= 0.3 is 0 Å². The normalized spacial score (nSPS) is 11.7. The SMILES string of the molecule is COCc1ccc(CC(C)(C)OC)cc1. The van der Waals surface area contributed by atoms with Crippen molar-refractivity contribution in [2.24, 2.45) is 0 Å². The molecule has 1 aromatic rings. The summed E-state index contributed by atoms with van der Waals surface area (Å²) in [4.78, 5) is 0. The summed E-state index contributed by atoms with van der Waals surface area (Å²) in [5.41, 5.74) is 2.40. The summed E-state index contributed by atoms with van der Waals surface area (Å²) in [5.74, 6) is 0. The van der Waals surface area contributed by atoms with E-state index in [0.29, 0.717) is 6.61 Å². The van der Waals surface area contributed by atoms with Crippen molar-refractivity contribution in [3.05, 3.63) is 35.4 Å². The third-order valence-electron chi connectivity index (χ3n) is 2.52. The molecule has 0 aliphatic rings. The first-order valence-electron chi connectivity index (χ1n) is 5.19. The second kappa shape index (κ2) is 5.29. The summed E-state index contributed by atoms with van der Waals surface area (Å²) in [5, 5.41) is 0. The van der Waals surface area contributed by atoms with Gasteiger partial charge in [-0.3, -0.25) is 0 Å². The van der Waals surface area contributed by atoms with Crippen LogP contribution in [0.4, 0.5) is 0 Å². The van der Waals surface area contributed by atoms with Crippen molar-refractivity contribution in [1.82, 2.24) is 0 Å². The molecule has 1 aromatic carbocycles. The van der Waals surface area contributed by atoms with Crippen LogP contribution in [0.3, 0.4) is 0 Å². The van der Waals surface area contributed by atoms with E-state index in [0.717, 1.165) is 6.42 Å². The molecule has 1 rings (SSSR count). The van der Waals surface area contributed by atoms with Crippen molar-refractivity contribution in [2.75, 3.05) is 14.2 Å². The van der Waals surface area contributed by atoms with E-state index in [-0.39, 0.29) is 5.60 Å². The van der Waals surface area contributed by atoms with Crippen molar-refractivity contribution in [3.63, 3.8) is 0 Å². The van der Waals surface area contributed by atoms with Crippen LogP contribution < -0.4 is 0 Å². The Morgan fingerprint density at radius 2 is 1.53 bits per heavy atom. The lowest BCUT2D eigenvalue weighted by Gasteiger charge is -2.22. The lowest BCUT2D eigenvalue weighted by molar-refractivity contribution is 0.0232. The molecule has 0 aliphatic heterocycles. The van der Waals surface area contributed by atoms with E-state index in [1.807, 2.05) is 0 Å². The number of hydrogen-bond acceptors (Lipinski definition) is 2. The van der Waals surface area contributed by atoms with Gasteiger partial charge in [-0.25, -0.2) is 0 Å². The van der Waals surface area contributed by atoms with Crippen LogP contribution in [0.2, 0.25) is 0 Å². The average molecular weight is 208 g/mol. The van der Waals surface area contributed by atoms with E-state index >= 15 is 0 Å². The minimum Gasteiger partial charge on any atom is -0.380 e. The molecule has 0 N–H and O–H groups in total. The molecular weight excluding hydrogens is 188 g/mol. The van der Waals surface area contributed by atoms with Gasteiger partial charge < -0.3 is 9.47 Å². The van der Waals surface area contributed by atoms with Gasteiger partial charge in [0.15, 0.2) is 0 Å². The summed E-state index contributed by atoms with van der Waals surface area (Å²) in [7, 11) is 3.46. The molecule has 15 heavy (non-hydrogen) atoms. The fraction of sp³-hybridized carbons (Fsp3) is 0.538. The number of hydrogen-bond donors (Lipinski definition) is 0. The maximum atomic E-state index is 5.39. The summed E-state index contributed by atoms with van der Waals surface area (Å²) in [6.45, 7) is 4.86. The fourth-order valence-electron chi connectivity index (χ4n) is 1.48. The van der Waals surface area contributed by atoms with Crippen molar-refractivity contribution in [1.29, 1.82) is 0 Å². The molecule has 0 aliphatic carbocycles. The number of rotatable bonds is 5. The van der Waals surface area contributed by atoms with Gasteiger partial charge in [0, 0.05) is 20.6 Å². The highest BCUT2D eigenvalue weighted by atomic mass is 16.5. The van der Waals surface area contributed by atoms with Gasteiger partial charge in [0.25, 0.3) is 0 Å². The quantitative estimate of drug-likeness (QED) is 0.740. The summed E-state index contributed by atoms with van der Waals surface area (Å²) in [6, 6.07) is 8.47. The molecule has 0 saturated carbocycles. The van der Waals surface area contributed by atoms with E-state index < -0.39 is 0 Å². The van der Waals surface area contributed by atoms with E-state index in [4.69, 9.17) is 9.47 Å². The molecule has 0 unspecified atom stereocenters. The first-order chi connectivity index (χ1) is 7.07. The Hall–Kier alpha value is -0.860. The maximum absolute atomic E-state index is 5.39. The van der Waals surface area contributed by atoms with E-state index in [1.165, 1.54) is 11.1 Å². The van der Waals surface area contributed by atoms with Crippen LogP contribution in [0.15, 0.2) is 24.3 Å². The minimum absolute atomic E-state index is 0.0945. The molecule has 0 saturated heterocycles. The fourth-order valence-corrected chi connectivity index (χ4v) is 1.48. The van der Waals surface area contributed by atoms with Crippen molar-refractivity contribution < 1.29 is 9.47 Å². The van der Waals surface area contributed by atoms with E-state index in [1.54, 1.807) is 14.2 Å². The molecule has 0 fully saturated rings. The second-order valence-corrected chi connectivity index (χ2v) is 4.39. The van der Waals surface area contributed by atoms with Crippen LogP contribution in [0.1, 0.15) is 25.0 Å². The molecule has 0 aromatic heterocycles. The Morgan fingerprint density at radius 3 is 2.00 bits per heavy atom. The molecule has 2 heteroatoms. The zero-order valence-corrected chi connectivity index (χ0v) is 10.0. The minimum atomic E-state index is -0.0945. The Labute approximate surface area is 92.2 Å². The van der Waals surface area contributed by atoms with Gasteiger partial charge in [0.05, 0.1) is 12.2 Å². The average Bonchev–Trinajstić information content (AvgIpc) is 2.21. The van der Waals surface area contributed by atoms with Crippen molar-refractivity contribution >= 4 is 0 Å². The van der Waals surface area contributed by atoms with Crippen LogP contribution in [0.25, 0.3) is 0 Å². The second-order valence-electron chi connectivity index (χ2n) is 4.39. The smallest absolute Gasteiger partial charge is 0.0713 e. The lowest BCUT2D eigenvalue weighted by Crippen LogP contribution is -2.25. The molecule has 84 valence electrons. The molecule has 0 atom stereocenters. The van der Waals surface area contributed by atoms with Crippen LogP contribution >= 0.6 is 0 Å². The highest BCUT2D eigenvalue weighted by Gasteiger charge is 2.16. The largest absolute Gasteiger partial charge is 0.380 e. The van der Waals surface area contributed by atoms with Crippen LogP contribution in [0.5, 0.6) is 0 Å². The zero-order chi connectivity index (χ0) is 11.3. The predicted molar refractivity (Wildman–Crippen MR) is 61.9 cm³/mol. The number of methoxy groups -OCH3 is 2. The molecule has 0 bridgehead atoms. The van der Waals surface area contributed by atoms with Gasteiger partial charge in [-0.2, -0.15) is 0 Å². The van der Waals surface area contributed by atoms with Gasteiger partial charge in [-0.1, -0.05) is 24.3 Å². The molecule has 0 amide bonds. The Bertz CT molecular complexity index is 288. The van der Waals surface area contributed by atoms with Crippen molar-refractivity contribution in [3.8, 4) is 0 Å². The van der Waals surface area contributed by atoms with Gasteiger partial charge in [0.1, 0.15) is 0 Å². The molecule has 0 radical (unpaired) electrons. The lowest BCUT2D eigenvalue weighted by atomic mass is 9.98. The van der Waals surface area contributed by atoms with Gasteiger partial charge in [-0.05, 0) is 25.0 Å². The monoisotopic (exact) mass is 208 g/mol. The maximum Gasteiger partial charge on any atom is 0.0713 e. The third kappa shape index (κ3) is 4.02. The predicted octanol–water partition coefficient (Wildman–Crippen LogP) is 2.80. The van der Waals surface area contributed by atoms with Crippen LogP contribution in [0, 0.1) is 0 Å². The summed E-state index contributed by atoms with van der Waals surface area (Å²) >= 11 is 0. The summed E-state index contributed by atoms with van der Waals surface area (Å²) < 4.78 is 10.5. The van der Waals surface area contributed by atoms with Gasteiger partial charge in [-0.15, -0.1) is 0 Å². The highest BCUT2D eigenvalue weighted by Crippen LogP contribution is 2.16. The first kappa shape index (κ1) is 12.2. The zero-order valence-electron chi connectivity index (χ0n) is 10.0. The Morgan fingerprint density at radius 1 is 1.00 bits per heavy atom. The molecule has 0 heterocycles. The highest BCUT2D eigenvalue weighted by molar-refractivity contribution is 5.23. The molecule has 0 spiro atoms. The topological polar surface area (TPSA) is 18.5 Å². The third-order valence-corrected chi connectivity index (χ3v) is 2.52. The standard InChI is InChI=1S/C13H20O2/c1-13(2,15-4)9-11-5-7-12(8-6-11)10-14-3/h5-8H,9-10H2,1-4H3. The number of ether oxygens (including phenoxy) is 2. The first-order valence-corrected chi connectivity index (χ1v) is 5.19. The Kier molecular flexibility index (Phi) is 4.30. The molecular formula is C13H20O2. The molecule has 2 nitrogen and oxygen atoms in total. The van der Waals surface area contributed by atoms with Crippen LogP contribution in [-0.4, -0.2) is 19.8 Å². The number of benzene rings is 1.